The molecule has 12 nitrogen and oxygen atoms in total. The summed E-state index contributed by atoms with van der Waals surface area (Å²) >= 11 is 0. The molecule has 12 heteroatoms. The van der Waals surface area contributed by atoms with Crippen LogP contribution in [0.4, 0.5) is 4.79 Å². The Morgan fingerprint density at radius 3 is 2.11 bits per heavy atom. The number of rotatable bonds is 11. The van der Waals surface area contributed by atoms with Gasteiger partial charge in [-0.05, 0) is 51.4 Å². The Bertz CT molecular complexity index is 910. The number of amides is 5. The first-order valence-electron chi connectivity index (χ1n) is 12.8. The van der Waals surface area contributed by atoms with Gasteiger partial charge in [0, 0.05) is 6.54 Å². The fourth-order valence-electron chi connectivity index (χ4n) is 4.24. The summed E-state index contributed by atoms with van der Waals surface area (Å²) < 4.78 is 5.09. The number of Topliss-reactive ketones (excluding diaryl/α,β-unsaturated/α-hetero) is 1. The standard InChI is InChI=1S/C25H41N5O7/c1-13(2)37-23(35)14(3)27-24(36)29-19(25(4,5)6)22(34)30-11-7-8-17(30)21(33)28-16(12-15-9-10-15)18(31)20(26)32/h13-17,19H,7-12H2,1-6H3,(H2,26,32)(H,28,33)(H2,27,29,36)/t14?,16?,17-,19?/m0/s1. The molecule has 0 spiro atoms. The molecular formula is C25H41N5O7. The van der Waals surface area contributed by atoms with Crippen LogP contribution in [-0.2, 0) is 28.7 Å². The van der Waals surface area contributed by atoms with E-state index in [0.717, 1.165) is 12.8 Å². The number of likely N-dealkylation sites (tertiary alicyclic amines) is 1. The third-order valence-corrected chi connectivity index (χ3v) is 6.42. The van der Waals surface area contributed by atoms with Crippen molar-refractivity contribution in [3.8, 4) is 0 Å². The summed E-state index contributed by atoms with van der Waals surface area (Å²) in [6, 6.07) is -4.55. The third kappa shape index (κ3) is 8.71. The smallest absolute Gasteiger partial charge is 0.328 e. The van der Waals surface area contributed by atoms with Crippen LogP contribution in [0.3, 0.4) is 0 Å². The Hall–Kier alpha value is -3.18. The zero-order valence-electron chi connectivity index (χ0n) is 22.6. The van der Waals surface area contributed by atoms with Crippen molar-refractivity contribution in [3.05, 3.63) is 0 Å². The van der Waals surface area contributed by atoms with Gasteiger partial charge in [0.15, 0.2) is 0 Å². The summed E-state index contributed by atoms with van der Waals surface area (Å²) in [6.07, 6.45) is 2.76. The zero-order chi connectivity index (χ0) is 28.1. The topological polar surface area (TPSA) is 177 Å². The minimum Gasteiger partial charge on any atom is -0.461 e. The van der Waals surface area contributed by atoms with E-state index >= 15 is 0 Å². The molecule has 2 aliphatic rings. The Labute approximate surface area is 217 Å². The van der Waals surface area contributed by atoms with Gasteiger partial charge in [0.1, 0.15) is 18.1 Å². The van der Waals surface area contributed by atoms with Crippen LogP contribution in [0.25, 0.3) is 0 Å². The van der Waals surface area contributed by atoms with E-state index in [9.17, 15) is 28.8 Å². The second-order valence-corrected chi connectivity index (χ2v) is 11.3. The van der Waals surface area contributed by atoms with Gasteiger partial charge < -0.3 is 31.3 Å². The van der Waals surface area contributed by atoms with Gasteiger partial charge in [-0.3, -0.25) is 19.2 Å². The Balaban J connectivity index is 2.11. The number of hydrogen-bond acceptors (Lipinski definition) is 7. The van der Waals surface area contributed by atoms with Gasteiger partial charge in [-0.25, -0.2) is 9.59 Å². The Morgan fingerprint density at radius 1 is 0.973 bits per heavy atom. The first-order chi connectivity index (χ1) is 17.1. The van der Waals surface area contributed by atoms with Gasteiger partial charge >= 0.3 is 12.0 Å². The molecule has 4 atom stereocenters. The molecule has 1 heterocycles. The maximum Gasteiger partial charge on any atom is 0.328 e. The molecule has 3 unspecified atom stereocenters. The number of nitrogens with one attached hydrogen (secondary N) is 3. The number of carbonyl (C=O) groups is 6. The number of nitrogens with zero attached hydrogens (tertiary/aromatic N) is 1. The van der Waals surface area contributed by atoms with Crippen LogP contribution in [0.15, 0.2) is 0 Å². The van der Waals surface area contributed by atoms with Crippen molar-refractivity contribution in [2.45, 2.75) is 104 Å². The molecule has 1 saturated heterocycles. The molecule has 2 rings (SSSR count). The number of urea groups is 1. The van der Waals surface area contributed by atoms with Crippen molar-refractivity contribution >= 4 is 35.5 Å². The molecule has 0 aromatic heterocycles. The van der Waals surface area contributed by atoms with Crippen LogP contribution in [0.2, 0.25) is 0 Å². The predicted molar refractivity (Wildman–Crippen MR) is 134 cm³/mol. The van der Waals surface area contributed by atoms with Crippen LogP contribution >= 0.6 is 0 Å². The third-order valence-electron chi connectivity index (χ3n) is 6.42. The lowest BCUT2D eigenvalue weighted by Crippen LogP contribution is -2.60. The fraction of sp³-hybridized carbons (Fsp3) is 0.760. The molecule has 5 N–H and O–H groups in total. The molecule has 2 fully saturated rings. The lowest BCUT2D eigenvalue weighted by atomic mass is 9.85. The molecule has 1 aliphatic heterocycles. The fourth-order valence-corrected chi connectivity index (χ4v) is 4.24. The first kappa shape index (κ1) is 30.0. The summed E-state index contributed by atoms with van der Waals surface area (Å²) in [5.41, 5.74) is 4.44. The maximum absolute atomic E-state index is 13.6. The normalized spacial score (nSPS) is 20.0. The van der Waals surface area contributed by atoms with Gasteiger partial charge in [-0.15, -0.1) is 0 Å². The minimum absolute atomic E-state index is 0.253. The van der Waals surface area contributed by atoms with Crippen LogP contribution in [0.1, 0.15) is 73.6 Å². The first-order valence-corrected chi connectivity index (χ1v) is 12.8. The average molecular weight is 524 g/mol. The van der Waals surface area contributed by atoms with Gasteiger partial charge in [0.25, 0.3) is 5.91 Å². The maximum atomic E-state index is 13.6. The van der Waals surface area contributed by atoms with E-state index in [2.05, 4.69) is 16.0 Å². The van der Waals surface area contributed by atoms with Crippen molar-refractivity contribution in [2.75, 3.05) is 6.54 Å². The summed E-state index contributed by atoms with van der Waals surface area (Å²) in [7, 11) is 0. The monoisotopic (exact) mass is 523 g/mol. The molecule has 208 valence electrons. The van der Waals surface area contributed by atoms with Crippen LogP contribution in [0.5, 0.6) is 0 Å². The molecular weight excluding hydrogens is 482 g/mol. The Morgan fingerprint density at radius 2 is 1.59 bits per heavy atom. The number of nitrogens with two attached hydrogens (primary N) is 1. The summed E-state index contributed by atoms with van der Waals surface area (Å²) in [4.78, 5) is 76.6. The number of primary amides is 1. The van der Waals surface area contributed by atoms with Crippen LogP contribution in [0, 0.1) is 11.3 Å². The number of esters is 1. The van der Waals surface area contributed by atoms with E-state index in [0.29, 0.717) is 25.8 Å². The quantitative estimate of drug-likeness (QED) is 0.223. The summed E-state index contributed by atoms with van der Waals surface area (Å²) in [6.45, 7) is 10.5. The van der Waals surface area contributed by atoms with Gasteiger partial charge in [0.05, 0.1) is 12.1 Å². The highest BCUT2D eigenvalue weighted by molar-refractivity contribution is 6.37. The van der Waals surface area contributed by atoms with Crippen LogP contribution < -0.4 is 21.7 Å². The van der Waals surface area contributed by atoms with Gasteiger partial charge in [-0.1, -0.05) is 33.6 Å². The van der Waals surface area contributed by atoms with E-state index in [1.54, 1.807) is 34.6 Å². The number of ketones is 1. The highest BCUT2D eigenvalue weighted by atomic mass is 16.5. The lowest BCUT2D eigenvalue weighted by molar-refractivity contribution is -0.149. The molecule has 0 bridgehead atoms. The van der Waals surface area contributed by atoms with E-state index in [4.69, 9.17) is 10.5 Å². The van der Waals surface area contributed by atoms with Crippen molar-refractivity contribution in [3.63, 3.8) is 0 Å². The summed E-state index contributed by atoms with van der Waals surface area (Å²) in [5, 5.41) is 7.76. The molecule has 0 radical (unpaired) electrons. The lowest BCUT2D eigenvalue weighted by Gasteiger charge is -2.35. The largest absolute Gasteiger partial charge is 0.461 e. The zero-order valence-corrected chi connectivity index (χ0v) is 22.6. The molecule has 0 aromatic rings. The average Bonchev–Trinajstić information content (AvgIpc) is 3.45. The second-order valence-electron chi connectivity index (χ2n) is 11.3. The number of ether oxygens (including phenoxy) is 1. The summed E-state index contributed by atoms with van der Waals surface area (Å²) in [5.74, 6) is -3.31. The minimum atomic E-state index is -1.11. The molecule has 1 aliphatic carbocycles. The van der Waals surface area contributed by atoms with Crippen LogP contribution in [-0.4, -0.2) is 77.2 Å². The SMILES string of the molecule is CC(C)OC(=O)C(C)NC(=O)NC(C(=O)N1CCC[C@H]1C(=O)NC(CC1CC1)C(=O)C(N)=O)C(C)(C)C. The van der Waals surface area contributed by atoms with E-state index < -0.39 is 65.1 Å². The van der Waals surface area contributed by atoms with Gasteiger partial charge in [0.2, 0.25) is 17.6 Å². The molecule has 1 saturated carbocycles. The van der Waals surface area contributed by atoms with Crippen molar-refractivity contribution in [1.29, 1.82) is 0 Å². The highest BCUT2D eigenvalue weighted by Crippen LogP contribution is 2.34. The van der Waals surface area contributed by atoms with Crippen molar-refractivity contribution in [1.82, 2.24) is 20.9 Å². The van der Waals surface area contributed by atoms with Gasteiger partial charge in [-0.2, -0.15) is 0 Å². The number of hydrogen-bond donors (Lipinski definition) is 4. The second kappa shape index (κ2) is 12.4. The predicted octanol–water partition coefficient (Wildman–Crippen LogP) is 0.371. The van der Waals surface area contributed by atoms with E-state index in [1.165, 1.54) is 11.8 Å². The molecule has 0 aromatic carbocycles. The molecule has 5 amide bonds. The van der Waals surface area contributed by atoms with E-state index in [-0.39, 0.29) is 12.0 Å². The van der Waals surface area contributed by atoms with E-state index in [1.807, 2.05) is 0 Å². The highest BCUT2D eigenvalue weighted by Gasteiger charge is 2.43. The van der Waals surface area contributed by atoms with Crippen molar-refractivity contribution in [2.24, 2.45) is 17.1 Å². The number of carbonyl (C=O) groups excluding carboxylic acids is 6. The van der Waals surface area contributed by atoms with Crippen molar-refractivity contribution < 1.29 is 33.5 Å². The Kier molecular flexibility index (Phi) is 10.0. The molecule has 37 heavy (non-hydrogen) atoms.